The molecule has 2 aromatic heterocycles. The van der Waals surface area contributed by atoms with Crippen LogP contribution in [0.15, 0.2) is 71.2 Å². The molecule has 6 rings (SSSR count). The number of aromatic nitrogens is 3. The van der Waals surface area contributed by atoms with Crippen molar-refractivity contribution < 1.29 is 14.3 Å². The molecule has 9 heteroatoms. The second kappa shape index (κ2) is 8.03. The summed E-state index contributed by atoms with van der Waals surface area (Å²) < 4.78 is 13.4. The highest BCUT2D eigenvalue weighted by molar-refractivity contribution is 9.10. The number of nitrogens with one attached hydrogen (secondary N) is 1. The normalized spacial score (nSPS) is 12.4. The topological polar surface area (TPSA) is 104 Å². The van der Waals surface area contributed by atoms with Gasteiger partial charge in [0, 0.05) is 11.0 Å². The molecule has 0 saturated carbocycles. The third kappa shape index (κ3) is 3.41. The molecular formula is C25H18BrN5O3. The van der Waals surface area contributed by atoms with Crippen LogP contribution in [0.25, 0.3) is 27.9 Å². The van der Waals surface area contributed by atoms with Gasteiger partial charge in [-0.2, -0.15) is 0 Å². The average Bonchev–Trinajstić information content (AvgIpc) is 3.42. The third-order valence-electron chi connectivity index (χ3n) is 5.68. The average molecular weight is 516 g/mol. The molecule has 0 radical (unpaired) electrons. The Bertz CT molecular complexity index is 1600. The van der Waals surface area contributed by atoms with Gasteiger partial charge in [-0.3, -0.25) is 9.36 Å². The first-order valence-corrected chi connectivity index (χ1v) is 11.4. The summed E-state index contributed by atoms with van der Waals surface area (Å²) in [5.41, 5.74) is 10.9. The predicted octanol–water partition coefficient (Wildman–Crippen LogP) is 4.58. The van der Waals surface area contributed by atoms with Gasteiger partial charge in [0.1, 0.15) is 16.9 Å². The minimum atomic E-state index is -0.335. The number of rotatable bonds is 4. The maximum atomic E-state index is 13.4. The van der Waals surface area contributed by atoms with Gasteiger partial charge in [-0.1, -0.05) is 40.2 Å². The molecule has 1 amide bonds. The first kappa shape index (κ1) is 20.5. The lowest BCUT2D eigenvalue weighted by molar-refractivity contribution is 0.0953. The Kier molecular flexibility index (Phi) is 4.84. The Morgan fingerprint density at radius 2 is 1.79 bits per heavy atom. The Hall–Kier alpha value is -4.11. The number of carbonyl (C=O) groups excluding carboxylic acids is 1. The number of nitrogen functional groups attached to an aromatic ring is 1. The summed E-state index contributed by atoms with van der Waals surface area (Å²) in [6, 6.07) is 20.7. The van der Waals surface area contributed by atoms with Crippen molar-refractivity contribution in [2.45, 2.75) is 6.54 Å². The van der Waals surface area contributed by atoms with E-state index < -0.39 is 0 Å². The van der Waals surface area contributed by atoms with Crippen LogP contribution in [0, 0.1) is 0 Å². The Labute approximate surface area is 202 Å². The Morgan fingerprint density at radius 3 is 2.62 bits per heavy atom. The predicted molar refractivity (Wildman–Crippen MR) is 132 cm³/mol. The number of carbonyl (C=O) groups is 1. The molecule has 5 aromatic rings. The van der Waals surface area contributed by atoms with Gasteiger partial charge in [0.2, 0.25) is 6.79 Å². The van der Waals surface area contributed by atoms with Crippen LogP contribution in [-0.2, 0) is 6.54 Å². The smallest absolute Gasteiger partial charge is 0.257 e. The van der Waals surface area contributed by atoms with E-state index in [0.717, 1.165) is 21.2 Å². The van der Waals surface area contributed by atoms with Crippen molar-refractivity contribution in [3.63, 3.8) is 0 Å². The van der Waals surface area contributed by atoms with Crippen LogP contribution in [0.3, 0.4) is 0 Å². The molecule has 0 unspecified atom stereocenters. The lowest BCUT2D eigenvalue weighted by atomic mass is 10.2. The van der Waals surface area contributed by atoms with E-state index in [1.54, 1.807) is 4.57 Å². The zero-order valence-electron chi connectivity index (χ0n) is 17.8. The van der Waals surface area contributed by atoms with Crippen LogP contribution < -0.4 is 20.5 Å². The molecule has 1 aliphatic rings. The van der Waals surface area contributed by atoms with Crippen molar-refractivity contribution in [3.05, 3.63) is 82.3 Å². The van der Waals surface area contributed by atoms with Gasteiger partial charge in [0.15, 0.2) is 17.1 Å². The Balaban J connectivity index is 1.45. The summed E-state index contributed by atoms with van der Waals surface area (Å²) in [6.45, 7) is 0.489. The summed E-state index contributed by atoms with van der Waals surface area (Å²) in [5, 5.41) is 2.96. The van der Waals surface area contributed by atoms with E-state index in [1.807, 2.05) is 66.7 Å². The summed E-state index contributed by atoms with van der Waals surface area (Å²) in [6.07, 6.45) is 0. The number of benzene rings is 3. The minimum absolute atomic E-state index is 0.198. The zero-order valence-corrected chi connectivity index (χ0v) is 19.4. The fraction of sp³-hybridized carbons (Fsp3) is 0.0800. The lowest BCUT2D eigenvalue weighted by Crippen LogP contribution is -2.24. The molecule has 3 heterocycles. The van der Waals surface area contributed by atoms with Crippen LogP contribution in [0.1, 0.15) is 15.9 Å². The molecule has 0 fully saturated rings. The summed E-state index contributed by atoms with van der Waals surface area (Å²) in [5.74, 6) is 1.29. The number of amides is 1. The van der Waals surface area contributed by atoms with E-state index in [2.05, 4.69) is 21.2 Å². The van der Waals surface area contributed by atoms with Gasteiger partial charge >= 0.3 is 0 Å². The molecule has 0 saturated heterocycles. The van der Waals surface area contributed by atoms with Crippen LogP contribution >= 0.6 is 15.9 Å². The first-order chi connectivity index (χ1) is 16.6. The van der Waals surface area contributed by atoms with Gasteiger partial charge in [-0.25, -0.2) is 9.97 Å². The standard InChI is InChI=1S/C25H18BrN5O3/c26-15-4-3-5-16(11-15)31-23(27)21(22-24(31)30-18-7-2-1-6-17(18)29-22)25(32)28-12-14-8-9-19-20(10-14)34-13-33-19/h1-11H,12-13,27H2,(H,28,32). The largest absolute Gasteiger partial charge is 0.454 e. The molecular weight excluding hydrogens is 498 g/mol. The number of hydrogen-bond acceptors (Lipinski definition) is 6. The molecule has 1 aliphatic heterocycles. The molecule has 34 heavy (non-hydrogen) atoms. The van der Waals surface area contributed by atoms with Crippen LogP contribution in [-0.4, -0.2) is 27.2 Å². The van der Waals surface area contributed by atoms with E-state index in [0.29, 0.717) is 34.7 Å². The summed E-state index contributed by atoms with van der Waals surface area (Å²) >= 11 is 3.51. The molecule has 8 nitrogen and oxygen atoms in total. The molecule has 3 aromatic carbocycles. The maximum absolute atomic E-state index is 13.4. The zero-order chi connectivity index (χ0) is 23.2. The number of nitrogens with two attached hydrogens (primary N) is 1. The third-order valence-corrected chi connectivity index (χ3v) is 6.17. The van der Waals surface area contributed by atoms with Crippen molar-refractivity contribution in [1.29, 1.82) is 0 Å². The number of nitrogens with zero attached hydrogens (tertiary/aromatic N) is 3. The van der Waals surface area contributed by atoms with Gasteiger partial charge in [-0.15, -0.1) is 0 Å². The van der Waals surface area contributed by atoms with E-state index in [1.165, 1.54) is 0 Å². The minimum Gasteiger partial charge on any atom is -0.454 e. The quantitative estimate of drug-likeness (QED) is 0.363. The van der Waals surface area contributed by atoms with Gasteiger partial charge < -0.3 is 20.5 Å². The van der Waals surface area contributed by atoms with E-state index in [9.17, 15) is 4.79 Å². The van der Waals surface area contributed by atoms with Crippen LogP contribution in [0.2, 0.25) is 0 Å². The number of fused-ring (bicyclic) bond motifs is 3. The van der Waals surface area contributed by atoms with Crippen molar-refractivity contribution in [3.8, 4) is 17.2 Å². The fourth-order valence-corrected chi connectivity index (χ4v) is 4.47. The van der Waals surface area contributed by atoms with Crippen molar-refractivity contribution in [2.75, 3.05) is 12.5 Å². The lowest BCUT2D eigenvalue weighted by Gasteiger charge is -2.09. The Morgan fingerprint density at radius 1 is 1.00 bits per heavy atom. The molecule has 3 N–H and O–H groups in total. The second-order valence-corrected chi connectivity index (χ2v) is 8.75. The maximum Gasteiger partial charge on any atom is 0.257 e. The molecule has 0 aliphatic carbocycles. The van der Waals surface area contributed by atoms with Gasteiger partial charge in [-0.05, 0) is 48.0 Å². The summed E-state index contributed by atoms with van der Waals surface area (Å²) in [7, 11) is 0. The van der Waals surface area contributed by atoms with Crippen LogP contribution in [0.5, 0.6) is 11.5 Å². The highest BCUT2D eigenvalue weighted by Gasteiger charge is 2.25. The summed E-state index contributed by atoms with van der Waals surface area (Å²) in [4.78, 5) is 23.0. The first-order valence-electron chi connectivity index (χ1n) is 10.6. The van der Waals surface area contributed by atoms with E-state index in [4.69, 9.17) is 25.2 Å². The number of halogens is 1. The highest BCUT2D eigenvalue weighted by Crippen LogP contribution is 2.33. The second-order valence-electron chi connectivity index (χ2n) is 7.83. The van der Waals surface area contributed by atoms with E-state index in [-0.39, 0.29) is 24.1 Å². The van der Waals surface area contributed by atoms with Crippen LogP contribution in [0.4, 0.5) is 5.82 Å². The van der Waals surface area contributed by atoms with Crippen molar-refractivity contribution in [1.82, 2.24) is 19.9 Å². The number of ether oxygens (including phenoxy) is 2. The number of anilines is 1. The van der Waals surface area contributed by atoms with Crippen molar-refractivity contribution in [2.24, 2.45) is 0 Å². The molecule has 0 bridgehead atoms. The fourth-order valence-electron chi connectivity index (χ4n) is 4.08. The molecule has 0 spiro atoms. The number of para-hydroxylation sites is 2. The monoisotopic (exact) mass is 515 g/mol. The number of hydrogen-bond donors (Lipinski definition) is 2. The molecule has 168 valence electrons. The SMILES string of the molecule is Nc1c(C(=O)NCc2ccc3c(c2)OCO3)c2nc3ccccc3nc2n1-c1cccc(Br)c1. The van der Waals surface area contributed by atoms with Gasteiger partial charge in [0.05, 0.1) is 16.7 Å². The van der Waals surface area contributed by atoms with Crippen molar-refractivity contribution >= 4 is 49.9 Å². The highest BCUT2D eigenvalue weighted by atomic mass is 79.9. The van der Waals surface area contributed by atoms with Gasteiger partial charge in [0.25, 0.3) is 5.91 Å². The van der Waals surface area contributed by atoms with E-state index >= 15 is 0 Å². The molecule has 0 atom stereocenters.